The highest BCUT2D eigenvalue weighted by Crippen LogP contribution is 2.42. The van der Waals surface area contributed by atoms with Gasteiger partial charge in [-0.2, -0.15) is 0 Å². The Morgan fingerprint density at radius 3 is 2.09 bits per heavy atom. The monoisotopic (exact) mass is 440 g/mol. The molecule has 0 radical (unpaired) electrons. The van der Waals surface area contributed by atoms with Gasteiger partial charge in [-0.15, -0.1) is 0 Å². The molecule has 1 aromatic carbocycles. The van der Waals surface area contributed by atoms with Gasteiger partial charge in [0.25, 0.3) is 11.1 Å². The van der Waals surface area contributed by atoms with Crippen LogP contribution in [0.15, 0.2) is 39.9 Å². The van der Waals surface area contributed by atoms with E-state index in [4.69, 9.17) is 4.74 Å². The van der Waals surface area contributed by atoms with E-state index in [1.807, 2.05) is 6.92 Å². The van der Waals surface area contributed by atoms with Crippen LogP contribution in [0.5, 0.6) is 23.0 Å². The minimum Gasteiger partial charge on any atom is -0.507 e. The molecule has 0 saturated heterocycles. The predicted octanol–water partition coefficient (Wildman–Crippen LogP) is 2.97. The van der Waals surface area contributed by atoms with Gasteiger partial charge in [0, 0.05) is 42.0 Å². The first-order valence-electron chi connectivity index (χ1n) is 10.4. The van der Waals surface area contributed by atoms with E-state index in [0.29, 0.717) is 35.6 Å². The van der Waals surface area contributed by atoms with Crippen molar-refractivity contribution in [3.8, 4) is 23.0 Å². The molecule has 3 rings (SSSR count). The Morgan fingerprint density at radius 2 is 1.50 bits per heavy atom. The Kier molecular flexibility index (Phi) is 6.34. The number of aromatic nitrogens is 2. The zero-order chi connectivity index (χ0) is 23.7. The minimum absolute atomic E-state index is 0.0601. The summed E-state index contributed by atoms with van der Waals surface area (Å²) in [5.41, 5.74) is 1.17. The Hall–Kier alpha value is -3.68. The largest absolute Gasteiger partial charge is 0.507 e. The van der Waals surface area contributed by atoms with Crippen LogP contribution >= 0.6 is 0 Å². The number of hydrogen-bond donors (Lipinski definition) is 3. The summed E-state index contributed by atoms with van der Waals surface area (Å²) in [5, 5.41) is 31.8. The van der Waals surface area contributed by atoms with Crippen LogP contribution in [0.1, 0.15) is 47.8 Å². The van der Waals surface area contributed by atoms with E-state index in [0.717, 1.165) is 6.07 Å². The Balaban J connectivity index is 2.50. The number of nitrogens with zero attached hydrogens (tertiary/aromatic N) is 2. The second-order valence-corrected chi connectivity index (χ2v) is 7.61. The third-order valence-corrected chi connectivity index (χ3v) is 5.87. The van der Waals surface area contributed by atoms with Crippen molar-refractivity contribution < 1.29 is 20.1 Å². The van der Waals surface area contributed by atoms with E-state index in [1.54, 1.807) is 32.9 Å². The zero-order valence-electron chi connectivity index (χ0n) is 18.8. The molecule has 8 heteroatoms. The summed E-state index contributed by atoms with van der Waals surface area (Å²) in [6.07, 6.45) is 0. The molecule has 2 heterocycles. The zero-order valence-corrected chi connectivity index (χ0v) is 18.8. The van der Waals surface area contributed by atoms with Crippen LogP contribution in [0.2, 0.25) is 0 Å². The summed E-state index contributed by atoms with van der Waals surface area (Å²) in [4.78, 5) is 25.9. The molecule has 1 atom stereocenters. The summed E-state index contributed by atoms with van der Waals surface area (Å²) in [7, 11) is 1.40. The molecule has 0 amide bonds. The molecule has 0 aliphatic rings. The lowest BCUT2D eigenvalue weighted by molar-refractivity contribution is 0.372. The van der Waals surface area contributed by atoms with Gasteiger partial charge in [-0.05, 0) is 51.5 Å². The molecular formula is C24H28N2O6. The third kappa shape index (κ3) is 3.72. The number of methoxy groups -OCH3 is 1. The molecule has 0 bridgehead atoms. The summed E-state index contributed by atoms with van der Waals surface area (Å²) in [6.45, 7) is 7.81. The van der Waals surface area contributed by atoms with Gasteiger partial charge in [0.15, 0.2) is 11.5 Å². The molecule has 1 unspecified atom stereocenters. The van der Waals surface area contributed by atoms with Crippen molar-refractivity contribution >= 4 is 0 Å². The highest BCUT2D eigenvalue weighted by molar-refractivity contribution is 5.56. The van der Waals surface area contributed by atoms with Crippen molar-refractivity contribution in [3.05, 3.63) is 79.1 Å². The maximum Gasteiger partial charge on any atom is 0.258 e. The lowest BCUT2D eigenvalue weighted by atomic mass is 9.83. The lowest BCUT2D eigenvalue weighted by Crippen LogP contribution is -2.29. The molecule has 8 nitrogen and oxygen atoms in total. The third-order valence-electron chi connectivity index (χ3n) is 5.87. The quantitative estimate of drug-likeness (QED) is 0.543. The number of aromatic hydroxyl groups is 3. The molecule has 0 aliphatic carbocycles. The summed E-state index contributed by atoms with van der Waals surface area (Å²) >= 11 is 0. The van der Waals surface area contributed by atoms with Crippen molar-refractivity contribution in [2.24, 2.45) is 0 Å². The molecule has 3 aromatic rings. The topological polar surface area (TPSA) is 114 Å². The van der Waals surface area contributed by atoms with Crippen molar-refractivity contribution in [2.45, 2.75) is 46.7 Å². The van der Waals surface area contributed by atoms with Gasteiger partial charge in [0.05, 0.1) is 12.7 Å². The van der Waals surface area contributed by atoms with Gasteiger partial charge < -0.3 is 29.2 Å². The normalized spacial score (nSPS) is 12.0. The fraction of sp³-hybridized carbons (Fsp3) is 0.333. The molecule has 2 aromatic heterocycles. The van der Waals surface area contributed by atoms with E-state index >= 15 is 0 Å². The van der Waals surface area contributed by atoms with Crippen LogP contribution in [0.4, 0.5) is 0 Å². The van der Waals surface area contributed by atoms with Crippen LogP contribution in [0, 0.1) is 13.8 Å². The standard InChI is InChI=1S/C24H28N2O6/c1-6-25-13(3)10-17(28)23(24(25)31)22(15-8-9-16(27)19(11-15)32-5)21-14(4)26(7-2)20(30)12-18(21)29/h8-12,22,27-29H,6-7H2,1-5H3. The molecule has 170 valence electrons. The summed E-state index contributed by atoms with van der Waals surface area (Å²) in [6, 6.07) is 7.19. The van der Waals surface area contributed by atoms with Gasteiger partial charge in [0.2, 0.25) is 0 Å². The Bertz CT molecular complexity index is 1290. The molecule has 3 N–H and O–H groups in total. The van der Waals surface area contributed by atoms with Crippen molar-refractivity contribution in [2.75, 3.05) is 7.11 Å². The van der Waals surface area contributed by atoms with Crippen LogP contribution in [0.3, 0.4) is 0 Å². The van der Waals surface area contributed by atoms with Gasteiger partial charge in [-0.25, -0.2) is 0 Å². The van der Waals surface area contributed by atoms with Crippen LogP contribution in [-0.4, -0.2) is 31.6 Å². The first-order valence-corrected chi connectivity index (χ1v) is 10.4. The first-order chi connectivity index (χ1) is 15.2. The fourth-order valence-electron chi connectivity index (χ4n) is 4.30. The molecule has 0 saturated carbocycles. The van der Waals surface area contributed by atoms with E-state index in [-0.39, 0.29) is 34.1 Å². The van der Waals surface area contributed by atoms with Crippen molar-refractivity contribution in [1.82, 2.24) is 9.13 Å². The van der Waals surface area contributed by atoms with Crippen LogP contribution < -0.4 is 15.9 Å². The molecule has 0 aliphatic heterocycles. The predicted molar refractivity (Wildman–Crippen MR) is 121 cm³/mol. The molecular weight excluding hydrogens is 412 g/mol. The number of phenols is 1. The Labute approximate surface area is 185 Å². The minimum atomic E-state index is -0.922. The highest BCUT2D eigenvalue weighted by atomic mass is 16.5. The summed E-state index contributed by atoms with van der Waals surface area (Å²) < 4.78 is 8.26. The number of ether oxygens (including phenoxy) is 1. The number of rotatable bonds is 6. The lowest BCUT2D eigenvalue weighted by Gasteiger charge is -2.25. The molecule has 0 spiro atoms. The second-order valence-electron chi connectivity index (χ2n) is 7.61. The maximum absolute atomic E-state index is 13.5. The van der Waals surface area contributed by atoms with Gasteiger partial charge in [-0.3, -0.25) is 9.59 Å². The van der Waals surface area contributed by atoms with Crippen molar-refractivity contribution in [3.63, 3.8) is 0 Å². The number of pyridine rings is 2. The summed E-state index contributed by atoms with van der Waals surface area (Å²) in [5.74, 6) is -1.34. The van der Waals surface area contributed by atoms with E-state index in [9.17, 15) is 24.9 Å². The molecule has 0 fully saturated rings. The van der Waals surface area contributed by atoms with Gasteiger partial charge >= 0.3 is 0 Å². The van der Waals surface area contributed by atoms with Gasteiger partial charge in [0.1, 0.15) is 11.5 Å². The van der Waals surface area contributed by atoms with E-state index in [2.05, 4.69) is 0 Å². The fourth-order valence-corrected chi connectivity index (χ4v) is 4.30. The maximum atomic E-state index is 13.5. The highest BCUT2D eigenvalue weighted by Gasteiger charge is 2.30. The molecule has 32 heavy (non-hydrogen) atoms. The number of aryl methyl sites for hydroxylation is 1. The van der Waals surface area contributed by atoms with Gasteiger partial charge in [-0.1, -0.05) is 6.07 Å². The first kappa shape index (κ1) is 23.0. The average Bonchev–Trinajstić information content (AvgIpc) is 2.73. The number of benzene rings is 1. The van der Waals surface area contributed by atoms with E-state index < -0.39 is 11.5 Å². The number of phenolic OH excluding ortho intramolecular Hbond substituents is 1. The van der Waals surface area contributed by atoms with Crippen LogP contribution in [0.25, 0.3) is 0 Å². The Morgan fingerprint density at radius 1 is 0.875 bits per heavy atom. The average molecular weight is 440 g/mol. The van der Waals surface area contributed by atoms with E-state index in [1.165, 1.54) is 28.4 Å². The SMILES string of the molecule is CCn1c(C)c(C(c2ccc(O)c(OC)c2)c2c(O)cc(C)n(CC)c2=O)c(O)cc1=O. The smallest absolute Gasteiger partial charge is 0.258 e. The van der Waals surface area contributed by atoms with Crippen LogP contribution in [-0.2, 0) is 13.1 Å². The second kappa shape index (κ2) is 8.82. The number of hydrogen-bond acceptors (Lipinski definition) is 6. The van der Waals surface area contributed by atoms with Crippen molar-refractivity contribution in [1.29, 1.82) is 0 Å².